The summed E-state index contributed by atoms with van der Waals surface area (Å²) in [6.45, 7) is 4.34. The third kappa shape index (κ3) is 3.22. The topological polar surface area (TPSA) is 92.2 Å². The zero-order chi connectivity index (χ0) is 21.7. The van der Waals surface area contributed by atoms with Crippen LogP contribution in [0.25, 0.3) is 11.3 Å². The van der Waals surface area contributed by atoms with Gasteiger partial charge in [-0.15, -0.1) is 0 Å². The molecule has 32 heavy (non-hydrogen) atoms. The van der Waals surface area contributed by atoms with Gasteiger partial charge in [0.2, 0.25) is 0 Å². The normalized spacial score (nSPS) is 21.1. The third-order valence-electron chi connectivity index (χ3n) is 6.88. The first-order valence-electron chi connectivity index (χ1n) is 11.2. The molecule has 0 unspecified atom stereocenters. The highest BCUT2D eigenvalue weighted by molar-refractivity contribution is 5.96. The highest BCUT2D eigenvalue weighted by Gasteiger charge is 2.34. The first-order valence-corrected chi connectivity index (χ1v) is 11.2. The Bertz CT molecular complexity index is 1250. The number of aromatic nitrogens is 3. The highest BCUT2D eigenvalue weighted by Crippen LogP contribution is 2.37. The van der Waals surface area contributed by atoms with Crippen molar-refractivity contribution in [2.24, 2.45) is 5.92 Å². The fourth-order valence-corrected chi connectivity index (χ4v) is 5.45. The molecule has 1 fully saturated rings. The molecule has 2 N–H and O–H groups in total. The number of carbonyl (C=O) groups excluding carboxylic acids is 1. The smallest absolute Gasteiger partial charge is 0.269 e. The van der Waals surface area contributed by atoms with E-state index < -0.39 is 0 Å². The summed E-state index contributed by atoms with van der Waals surface area (Å²) < 4.78 is 7.75. The summed E-state index contributed by atoms with van der Waals surface area (Å²) >= 11 is 0. The van der Waals surface area contributed by atoms with E-state index in [1.54, 1.807) is 6.07 Å². The molecule has 2 bridgehead atoms. The van der Waals surface area contributed by atoms with E-state index in [1.165, 1.54) is 0 Å². The van der Waals surface area contributed by atoms with Crippen LogP contribution >= 0.6 is 0 Å². The van der Waals surface area contributed by atoms with E-state index in [0.29, 0.717) is 30.7 Å². The van der Waals surface area contributed by atoms with Gasteiger partial charge in [-0.05, 0) is 30.5 Å². The summed E-state index contributed by atoms with van der Waals surface area (Å²) in [5.74, 6) is 1.49. The third-order valence-corrected chi connectivity index (χ3v) is 6.88. The van der Waals surface area contributed by atoms with E-state index in [-0.39, 0.29) is 11.5 Å². The number of benzene rings is 1. The van der Waals surface area contributed by atoms with E-state index in [4.69, 9.17) is 4.74 Å². The number of aromatic amines is 1. The second-order valence-electron chi connectivity index (χ2n) is 8.92. The van der Waals surface area contributed by atoms with Crippen LogP contribution in [-0.2, 0) is 13.2 Å². The van der Waals surface area contributed by atoms with E-state index in [0.717, 1.165) is 60.9 Å². The molecule has 1 amide bonds. The first kappa shape index (κ1) is 19.3. The average Bonchev–Trinajstić information content (AvgIpc) is 3.25. The van der Waals surface area contributed by atoms with Crippen LogP contribution in [0.2, 0.25) is 0 Å². The van der Waals surface area contributed by atoms with Crippen molar-refractivity contribution >= 4 is 5.91 Å². The summed E-state index contributed by atoms with van der Waals surface area (Å²) in [5.41, 5.74) is 4.21. The number of amides is 1. The zero-order valence-electron chi connectivity index (χ0n) is 17.7. The quantitative estimate of drug-likeness (QED) is 0.659. The highest BCUT2D eigenvalue weighted by atomic mass is 16.5. The molecule has 8 nitrogen and oxygen atoms in total. The van der Waals surface area contributed by atoms with Crippen LogP contribution in [0.15, 0.2) is 47.3 Å². The minimum absolute atomic E-state index is 0.104. The van der Waals surface area contributed by atoms with E-state index in [1.807, 2.05) is 34.9 Å². The number of hydrogen-bond acceptors (Lipinski definition) is 5. The number of rotatable bonds is 4. The van der Waals surface area contributed by atoms with Crippen molar-refractivity contribution in [1.82, 2.24) is 25.0 Å². The van der Waals surface area contributed by atoms with Gasteiger partial charge in [-0.2, -0.15) is 5.10 Å². The van der Waals surface area contributed by atoms with Gasteiger partial charge in [0.1, 0.15) is 23.7 Å². The van der Waals surface area contributed by atoms with Crippen LogP contribution in [-0.4, -0.2) is 51.8 Å². The predicted molar refractivity (Wildman–Crippen MR) is 119 cm³/mol. The molecule has 3 aromatic rings. The Morgan fingerprint density at radius 1 is 1.16 bits per heavy atom. The van der Waals surface area contributed by atoms with Gasteiger partial charge >= 0.3 is 0 Å². The van der Waals surface area contributed by atoms with Gasteiger partial charge in [-0.25, -0.2) is 0 Å². The van der Waals surface area contributed by atoms with Gasteiger partial charge in [0, 0.05) is 61.5 Å². The largest absolute Gasteiger partial charge is 0.488 e. The SMILES string of the molecule is O=C(NCCN1C[C@H]2C[C@@H](C1)c1cccc(=O)n1C2)c1[nH]nc2c1COc1ccccc1-2. The van der Waals surface area contributed by atoms with Gasteiger partial charge in [0.05, 0.1) is 0 Å². The molecule has 1 aromatic carbocycles. The van der Waals surface area contributed by atoms with E-state index in [2.05, 4.69) is 26.5 Å². The van der Waals surface area contributed by atoms with Gasteiger partial charge in [0.25, 0.3) is 11.5 Å². The molecule has 2 atom stereocenters. The molecule has 3 aliphatic rings. The van der Waals surface area contributed by atoms with Crippen molar-refractivity contribution in [2.45, 2.75) is 25.5 Å². The zero-order valence-corrected chi connectivity index (χ0v) is 17.7. The second-order valence-corrected chi connectivity index (χ2v) is 8.92. The van der Waals surface area contributed by atoms with Crippen molar-refractivity contribution in [3.8, 4) is 17.0 Å². The Hall–Kier alpha value is -3.39. The number of hydrogen-bond donors (Lipinski definition) is 2. The Kier molecular flexibility index (Phi) is 4.61. The number of likely N-dealkylation sites (tertiary alicyclic amines) is 1. The standard InChI is InChI=1S/C24H25N5O3/c30-21-7-3-5-19-16-10-15(12-29(19)21)11-28(13-16)9-8-25-24(31)23-18-14-32-20-6-2-1-4-17(20)22(18)26-27-23/h1-7,15-16H,8-14H2,(H,25,31)(H,26,27)/t15-,16+/m1/s1. The molecule has 164 valence electrons. The number of nitrogens with one attached hydrogen (secondary N) is 2. The number of pyridine rings is 1. The number of piperidine rings is 1. The van der Waals surface area contributed by atoms with Gasteiger partial charge in [0.15, 0.2) is 0 Å². The van der Waals surface area contributed by atoms with Crippen LogP contribution in [0.5, 0.6) is 5.75 Å². The van der Waals surface area contributed by atoms with Gasteiger partial charge in [-0.1, -0.05) is 18.2 Å². The lowest BCUT2D eigenvalue weighted by Crippen LogP contribution is -2.48. The lowest BCUT2D eigenvalue weighted by atomic mass is 9.83. The summed E-state index contributed by atoms with van der Waals surface area (Å²) in [4.78, 5) is 27.4. The maximum Gasteiger partial charge on any atom is 0.269 e. The Balaban J connectivity index is 1.10. The molecule has 0 aliphatic carbocycles. The van der Waals surface area contributed by atoms with E-state index >= 15 is 0 Å². The number of carbonyl (C=O) groups is 1. The molecular weight excluding hydrogens is 406 g/mol. The molecular formula is C24H25N5O3. The van der Waals surface area contributed by atoms with Crippen molar-refractivity contribution in [3.63, 3.8) is 0 Å². The summed E-state index contributed by atoms with van der Waals surface area (Å²) in [6, 6.07) is 13.3. The molecule has 6 rings (SSSR count). The van der Waals surface area contributed by atoms with Crippen LogP contribution in [0.1, 0.15) is 34.1 Å². The van der Waals surface area contributed by atoms with Gasteiger partial charge < -0.3 is 19.5 Å². The van der Waals surface area contributed by atoms with Crippen molar-refractivity contribution in [3.05, 3.63) is 69.8 Å². The Morgan fingerprint density at radius 3 is 3.00 bits per heavy atom. The molecule has 3 aliphatic heterocycles. The maximum atomic E-state index is 12.8. The van der Waals surface area contributed by atoms with Gasteiger partial charge in [-0.3, -0.25) is 14.7 Å². The van der Waals surface area contributed by atoms with Crippen LogP contribution in [0.4, 0.5) is 0 Å². The van der Waals surface area contributed by atoms with Crippen LogP contribution in [0, 0.1) is 5.92 Å². The molecule has 2 aromatic heterocycles. The number of ether oxygens (including phenoxy) is 1. The fraction of sp³-hybridized carbons (Fsp3) is 0.375. The van der Waals surface area contributed by atoms with Crippen LogP contribution < -0.4 is 15.6 Å². The van der Waals surface area contributed by atoms with Crippen LogP contribution in [0.3, 0.4) is 0 Å². The average molecular weight is 431 g/mol. The molecule has 5 heterocycles. The minimum Gasteiger partial charge on any atom is -0.488 e. The molecule has 1 saturated heterocycles. The number of H-pyrrole nitrogens is 1. The molecule has 8 heteroatoms. The van der Waals surface area contributed by atoms with Crippen molar-refractivity contribution < 1.29 is 9.53 Å². The second kappa shape index (κ2) is 7.63. The molecule has 0 spiro atoms. The summed E-state index contributed by atoms with van der Waals surface area (Å²) in [7, 11) is 0. The lowest BCUT2D eigenvalue weighted by molar-refractivity contribution is 0.0920. The predicted octanol–water partition coefficient (Wildman–Crippen LogP) is 1.98. The summed E-state index contributed by atoms with van der Waals surface area (Å²) in [6.07, 6.45) is 1.13. The maximum absolute atomic E-state index is 12.8. The lowest BCUT2D eigenvalue weighted by Gasteiger charge is -2.42. The molecule has 0 saturated carbocycles. The Morgan fingerprint density at radius 2 is 2.06 bits per heavy atom. The fourth-order valence-electron chi connectivity index (χ4n) is 5.45. The number of fused-ring (bicyclic) bond motifs is 7. The Labute approximate surface area is 185 Å². The number of para-hydroxylation sites is 1. The minimum atomic E-state index is -0.157. The monoisotopic (exact) mass is 431 g/mol. The molecule has 0 radical (unpaired) electrons. The van der Waals surface area contributed by atoms with Crippen molar-refractivity contribution in [2.75, 3.05) is 26.2 Å². The summed E-state index contributed by atoms with van der Waals surface area (Å²) in [5, 5.41) is 10.3. The first-order chi connectivity index (χ1) is 15.7. The number of nitrogens with zero attached hydrogens (tertiary/aromatic N) is 3. The van der Waals surface area contributed by atoms with E-state index in [9.17, 15) is 9.59 Å². The van der Waals surface area contributed by atoms with Crippen molar-refractivity contribution in [1.29, 1.82) is 0 Å².